The summed E-state index contributed by atoms with van der Waals surface area (Å²) in [4.78, 5) is 77.7. The largest absolute Gasteiger partial charge is 0.322 e. The highest BCUT2D eigenvalue weighted by molar-refractivity contribution is 6.38. The number of aryl methyl sites for hydroxylation is 2. The second kappa shape index (κ2) is 20.9. The molecule has 20 heteroatoms. The van der Waals surface area contributed by atoms with E-state index in [9.17, 15) is 28.8 Å². The minimum atomic E-state index is -1.69. The van der Waals surface area contributed by atoms with E-state index in [1.54, 1.807) is 43.3 Å². The molecule has 0 radical (unpaired) electrons. The van der Waals surface area contributed by atoms with Crippen LogP contribution in [0.15, 0.2) is 105 Å². The molecule has 0 fully saturated rings. The number of anilines is 4. The summed E-state index contributed by atoms with van der Waals surface area (Å²) in [5.41, 5.74) is 2.65. The van der Waals surface area contributed by atoms with Gasteiger partial charge in [-0.05, 0) is 112 Å². The smallest absolute Gasteiger partial charge is 0.258 e. The van der Waals surface area contributed by atoms with Crippen molar-refractivity contribution in [2.45, 2.75) is 39.8 Å². The fourth-order valence-corrected chi connectivity index (χ4v) is 6.40. The summed E-state index contributed by atoms with van der Waals surface area (Å²) in [6.07, 6.45) is 0. The number of benzene rings is 5. The van der Waals surface area contributed by atoms with E-state index in [0.29, 0.717) is 21.4 Å². The number of nitrogens with one attached hydrogen (secondary N) is 4. The summed E-state index contributed by atoms with van der Waals surface area (Å²) < 4.78 is 0. The third kappa shape index (κ3) is 12.2. The third-order valence-corrected chi connectivity index (χ3v) is 10.5. The Labute approximate surface area is 384 Å². The molecule has 5 aromatic carbocycles. The second-order valence-electron chi connectivity index (χ2n) is 13.4. The van der Waals surface area contributed by atoms with Gasteiger partial charge in [0, 0.05) is 21.8 Å². The van der Waals surface area contributed by atoms with E-state index >= 15 is 0 Å². The van der Waals surface area contributed by atoms with Crippen molar-refractivity contribution in [3.8, 4) is 0 Å². The molecule has 0 aliphatic rings. The third-order valence-electron chi connectivity index (χ3n) is 8.64. The van der Waals surface area contributed by atoms with Gasteiger partial charge in [-0.3, -0.25) is 28.8 Å². The fraction of sp³-hybridized carbons (Fsp3) is 0.143. The predicted octanol–water partition coefficient (Wildman–Crippen LogP) is 12.1. The highest BCUT2D eigenvalue weighted by Crippen LogP contribution is 2.34. The van der Waals surface area contributed by atoms with Crippen LogP contribution in [0, 0.1) is 13.8 Å². The van der Waals surface area contributed by atoms with Crippen molar-refractivity contribution in [2.24, 2.45) is 20.5 Å². The van der Waals surface area contributed by atoms with Crippen LogP contribution >= 0.6 is 69.6 Å². The molecular formula is C42H32Cl6N8O6. The molecule has 2 unspecified atom stereocenters. The number of amides is 4. The predicted molar refractivity (Wildman–Crippen MR) is 243 cm³/mol. The summed E-state index contributed by atoms with van der Waals surface area (Å²) in [7, 11) is 0. The van der Waals surface area contributed by atoms with Crippen LogP contribution in [0.1, 0.15) is 45.7 Å². The van der Waals surface area contributed by atoms with Gasteiger partial charge in [0.15, 0.2) is 11.6 Å². The number of carbonyl (C=O) groups excluding carboxylic acids is 6. The summed E-state index contributed by atoms with van der Waals surface area (Å²) in [6.45, 7) is 5.86. The van der Waals surface area contributed by atoms with Crippen LogP contribution in [0.25, 0.3) is 0 Å². The van der Waals surface area contributed by atoms with Gasteiger partial charge in [0.05, 0.1) is 42.2 Å². The first-order chi connectivity index (χ1) is 29.3. The minimum Gasteiger partial charge on any atom is -0.322 e. The summed E-state index contributed by atoms with van der Waals surface area (Å²) in [6, 6.07) is 17.5. The van der Waals surface area contributed by atoms with Gasteiger partial charge in [-0.2, -0.15) is 20.5 Å². The van der Waals surface area contributed by atoms with Crippen molar-refractivity contribution < 1.29 is 28.8 Å². The van der Waals surface area contributed by atoms with E-state index in [0.717, 1.165) is 25.0 Å². The maximum Gasteiger partial charge on any atom is 0.258 e. The normalized spacial score (nSPS) is 12.2. The number of carbonyl (C=O) groups is 6. The molecule has 62 heavy (non-hydrogen) atoms. The number of rotatable bonds is 14. The lowest BCUT2D eigenvalue weighted by molar-refractivity contribution is -0.127. The van der Waals surface area contributed by atoms with Crippen molar-refractivity contribution in [3.05, 3.63) is 137 Å². The first-order valence-electron chi connectivity index (χ1n) is 18.0. The van der Waals surface area contributed by atoms with Crippen molar-refractivity contribution in [3.63, 3.8) is 0 Å². The molecule has 5 aromatic rings. The van der Waals surface area contributed by atoms with Crippen molar-refractivity contribution in [1.29, 1.82) is 0 Å². The molecule has 0 aliphatic carbocycles. The van der Waals surface area contributed by atoms with E-state index < -0.39 is 47.3 Å². The van der Waals surface area contributed by atoms with Crippen molar-refractivity contribution >= 4 is 139 Å². The Kier molecular flexibility index (Phi) is 15.9. The standard InChI is InChI=1S/C42H32Cl6N8O6/c1-19-5-10-26(44)32(13-19)50-40(60)24-8-12-28(46)36(15-24)54-56-38(22(4)58)42(62)52-34-18-29(47)33(17-30(34)48)51-41(61)37(21(3)57)55-53-35-14-23(7-11-27(35)45)39(59)49-31-16-25(43)9-6-20(31)2/h5-18,37-38H,1-4H3,(H,49,59)(H,50,60)(H,51,61)(H,52,62). The van der Waals surface area contributed by atoms with Crippen LogP contribution in [0.3, 0.4) is 0 Å². The maximum absolute atomic E-state index is 13.3. The van der Waals surface area contributed by atoms with Crippen LogP contribution in [0.4, 0.5) is 34.1 Å². The molecule has 4 N–H and O–H groups in total. The van der Waals surface area contributed by atoms with Gasteiger partial charge in [-0.15, -0.1) is 0 Å². The fourth-order valence-electron chi connectivity index (χ4n) is 5.33. The number of hydrogen-bond donors (Lipinski definition) is 4. The topological polar surface area (TPSA) is 200 Å². The molecular weight excluding hydrogens is 925 g/mol. The average Bonchev–Trinajstić information content (AvgIpc) is 3.20. The Hall–Kier alpha value is -5.74. The van der Waals surface area contributed by atoms with E-state index in [1.165, 1.54) is 48.5 Å². The molecule has 2 atom stereocenters. The summed E-state index contributed by atoms with van der Waals surface area (Å²) >= 11 is 37.8. The average molecular weight is 957 g/mol. The van der Waals surface area contributed by atoms with Crippen LogP contribution in [0.5, 0.6) is 0 Å². The Morgan fingerprint density at radius 3 is 1.37 bits per heavy atom. The van der Waals surface area contributed by atoms with Gasteiger partial charge in [-0.25, -0.2) is 0 Å². The van der Waals surface area contributed by atoms with E-state index in [-0.39, 0.29) is 54.0 Å². The molecule has 0 bridgehead atoms. The van der Waals surface area contributed by atoms with Gasteiger partial charge in [-0.1, -0.05) is 81.7 Å². The Balaban J connectivity index is 1.27. The lowest BCUT2D eigenvalue weighted by Crippen LogP contribution is -2.32. The zero-order chi connectivity index (χ0) is 45.4. The van der Waals surface area contributed by atoms with Gasteiger partial charge in [0.2, 0.25) is 12.1 Å². The van der Waals surface area contributed by atoms with E-state index in [4.69, 9.17) is 69.6 Å². The zero-order valence-corrected chi connectivity index (χ0v) is 37.3. The SMILES string of the molecule is CC(=O)C(N=Nc1cc(C(=O)Nc2cc(Cl)ccc2C)ccc1Cl)C(=O)Nc1cc(Cl)c(NC(=O)C(N=Nc2cc(C(=O)Nc3cc(C)ccc3Cl)ccc2Cl)C(C)=O)cc1Cl. The molecule has 5 rings (SSSR count). The molecule has 4 amide bonds. The Morgan fingerprint density at radius 2 is 0.903 bits per heavy atom. The van der Waals surface area contributed by atoms with E-state index in [1.807, 2.05) is 6.92 Å². The highest BCUT2D eigenvalue weighted by atomic mass is 35.5. The van der Waals surface area contributed by atoms with Crippen molar-refractivity contribution in [1.82, 2.24) is 0 Å². The molecule has 0 saturated heterocycles. The summed E-state index contributed by atoms with van der Waals surface area (Å²) in [5.74, 6) is -4.34. The Bertz CT molecular complexity index is 2530. The lowest BCUT2D eigenvalue weighted by Gasteiger charge is -2.15. The summed E-state index contributed by atoms with van der Waals surface area (Å²) in [5, 5.41) is 26.8. The first-order valence-corrected chi connectivity index (χ1v) is 20.3. The molecule has 318 valence electrons. The van der Waals surface area contributed by atoms with Gasteiger partial charge < -0.3 is 21.3 Å². The van der Waals surface area contributed by atoms with Gasteiger partial charge in [0.25, 0.3) is 23.6 Å². The van der Waals surface area contributed by atoms with Gasteiger partial charge in [0.1, 0.15) is 11.4 Å². The molecule has 0 aromatic heterocycles. The van der Waals surface area contributed by atoms with Crippen LogP contribution in [-0.4, -0.2) is 47.3 Å². The highest BCUT2D eigenvalue weighted by Gasteiger charge is 2.27. The van der Waals surface area contributed by atoms with Crippen molar-refractivity contribution in [2.75, 3.05) is 21.3 Å². The first kappa shape index (κ1) is 47.3. The monoisotopic (exact) mass is 954 g/mol. The number of hydrogen-bond acceptors (Lipinski definition) is 10. The molecule has 0 saturated carbocycles. The number of halogens is 6. The van der Waals surface area contributed by atoms with Gasteiger partial charge >= 0.3 is 0 Å². The van der Waals surface area contributed by atoms with Crippen LogP contribution < -0.4 is 21.3 Å². The molecule has 0 heterocycles. The lowest BCUT2D eigenvalue weighted by atomic mass is 10.1. The Morgan fingerprint density at radius 1 is 0.468 bits per heavy atom. The minimum absolute atomic E-state index is 0.00517. The molecule has 0 spiro atoms. The maximum atomic E-state index is 13.3. The number of nitrogens with zero attached hydrogens (tertiary/aromatic N) is 4. The number of azo groups is 2. The zero-order valence-electron chi connectivity index (χ0n) is 32.7. The molecule has 0 aliphatic heterocycles. The van der Waals surface area contributed by atoms with Crippen LogP contribution in [-0.2, 0) is 19.2 Å². The number of ketones is 2. The quantitative estimate of drug-likeness (QED) is 0.0630. The van der Waals surface area contributed by atoms with Crippen LogP contribution in [0.2, 0.25) is 30.1 Å². The number of Topliss-reactive ketones (excluding diaryl/α,β-unsaturated/α-hetero) is 2. The molecule has 14 nitrogen and oxygen atoms in total. The van der Waals surface area contributed by atoms with E-state index in [2.05, 4.69) is 41.7 Å². The second-order valence-corrected chi connectivity index (χ2v) is 15.9.